The van der Waals surface area contributed by atoms with E-state index < -0.39 is 0 Å². The minimum atomic E-state index is 0.832. The number of imidazole rings is 1. The molecular formula is C11H7N5. The third-order valence-electron chi connectivity index (χ3n) is 2.79. The van der Waals surface area contributed by atoms with Crippen molar-refractivity contribution in [1.29, 1.82) is 0 Å². The molecule has 0 bridgehead atoms. The van der Waals surface area contributed by atoms with Crippen LogP contribution >= 0.6 is 0 Å². The van der Waals surface area contributed by atoms with Crippen LogP contribution in [0.25, 0.3) is 22.3 Å². The Kier molecular flexibility index (Phi) is 1.26. The zero-order valence-corrected chi connectivity index (χ0v) is 8.28. The lowest BCUT2D eigenvalue weighted by Gasteiger charge is -2.03. The lowest BCUT2D eigenvalue weighted by Crippen LogP contribution is -1.96. The first-order valence-corrected chi connectivity index (χ1v) is 4.99. The highest BCUT2D eigenvalue weighted by molar-refractivity contribution is 5.93. The van der Waals surface area contributed by atoms with Gasteiger partial charge in [0.25, 0.3) is 0 Å². The summed E-state index contributed by atoms with van der Waals surface area (Å²) in [5.74, 6) is 0.832. The molecule has 4 aromatic rings. The standard InChI is InChI=1S/C11H7N5/c1-2-4-9-8(3-1)10-14-13-7-16(10)11-12-5-6-15(9)11/h1-7H. The van der Waals surface area contributed by atoms with Crippen LogP contribution in [0.2, 0.25) is 0 Å². The Morgan fingerprint density at radius 3 is 3.00 bits per heavy atom. The van der Waals surface area contributed by atoms with Crippen LogP contribution in [-0.2, 0) is 0 Å². The molecular weight excluding hydrogens is 202 g/mol. The molecule has 0 radical (unpaired) electrons. The van der Waals surface area contributed by atoms with Gasteiger partial charge in [0.15, 0.2) is 5.65 Å². The number of aromatic nitrogens is 5. The van der Waals surface area contributed by atoms with E-state index in [9.17, 15) is 0 Å². The van der Waals surface area contributed by atoms with E-state index >= 15 is 0 Å². The summed E-state index contributed by atoms with van der Waals surface area (Å²) in [5.41, 5.74) is 1.94. The lowest BCUT2D eigenvalue weighted by atomic mass is 10.2. The normalized spacial score (nSPS) is 11.8. The Balaban J connectivity index is 2.51. The number of hydrogen-bond acceptors (Lipinski definition) is 3. The number of para-hydroxylation sites is 1. The van der Waals surface area contributed by atoms with E-state index in [0.29, 0.717) is 0 Å². The van der Waals surface area contributed by atoms with Crippen molar-refractivity contribution < 1.29 is 0 Å². The highest BCUT2D eigenvalue weighted by atomic mass is 15.3. The number of rotatable bonds is 0. The van der Waals surface area contributed by atoms with Gasteiger partial charge in [-0.05, 0) is 12.1 Å². The largest absolute Gasteiger partial charge is 0.285 e. The first-order valence-electron chi connectivity index (χ1n) is 4.99. The van der Waals surface area contributed by atoms with Crippen LogP contribution in [0.4, 0.5) is 0 Å². The topological polar surface area (TPSA) is 47.5 Å². The molecule has 0 aliphatic heterocycles. The van der Waals surface area contributed by atoms with Gasteiger partial charge >= 0.3 is 0 Å². The molecule has 5 heteroatoms. The van der Waals surface area contributed by atoms with Gasteiger partial charge < -0.3 is 0 Å². The Hall–Kier alpha value is -2.43. The molecule has 0 N–H and O–H groups in total. The summed E-state index contributed by atoms with van der Waals surface area (Å²) in [6, 6.07) is 8.10. The van der Waals surface area contributed by atoms with Crippen LogP contribution in [0.15, 0.2) is 43.0 Å². The fourth-order valence-corrected chi connectivity index (χ4v) is 2.10. The van der Waals surface area contributed by atoms with E-state index in [1.807, 2.05) is 33.2 Å². The monoisotopic (exact) mass is 209 g/mol. The van der Waals surface area contributed by atoms with E-state index in [4.69, 9.17) is 0 Å². The fraction of sp³-hybridized carbons (Fsp3) is 0. The molecule has 5 nitrogen and oxygen atoms in total. The van der Waals surface area contributed by atoms with Crippen LogP contribution in [-0.4, -0.2) is 24.0 Å². The maximum absolute atomic E-state index is 4.32. The highest BCUT2D eigenvalue weighted by Crippen LogP contribution is 2.20. The van der Waals surface area contributed by atoms with Crippen LogP contribution in [0, 0.1) is 0 Å². The molecule has 0 atom stereocenters. The van der Waals surface area contributed by atoms with Gasteiger partial charge in [0.2, 0.25) is 5.78 Å². The van der Waals surface area contributed by atoms with Gasteiger partial charge in [0, 0.05) is 17.8 Å². The zero-order valence-electron chi connectivity index (χ0n) is 8.28. The third kappa shape index (κ3) is 0.785. The predicted octanol–water partition coefficient (Wildman–Crippen LogP) is 1.53. The van der Waals surface area contributed by atoms with Crippen molar-refractivity contribution in [2.75, 3.05) is 0 Å². The molecule has 0 unspecified atom stereocenters. The number of nitrogens with zero attached hydrogens (tertiary/aromatic N) is 5. The molecule has 0 saturated heterocycles. The Bertz CT molecular complexity index is 742. The summed E-state index contributed by atoms with van der Waals surface area (Å²) < 4.78 is 3.92. The van der Waals surface area contributed by atoms with Crippen LogP contribution < -0.4 is 0 Å². The van der Waals surface area contributed by atoms with Gasteiger partial charge in [-0.25, -0.2) is 9.38 Å². The maximum Gasteiger partial charge on any atom is 0.221 e. The predicted molar refractivity (Wildman–Crippen MR) is 59.2 cm³/mol. The molecule has 0 spiro atoms. The van der Waals surface area contributed by atoms with E-state index in [1.54, 1.807) is 12.5 Å². The molecule has 3 aromatic heterocycles. The summed E-state index contributed by atoms with van der Waals surface area (Å²) >= 11 is 0. The Morgan fingerprint density at radius 1 is 1.06 bits per heavy atom. The van der Waals surface area contributed by atoms with Crippen molar-refractivity contribution >= 4 is 22.3 Å². The second-order valence-corrected chi connectivity index (χ2v) is 3.64. The lowest BCUT2D eigenvalue weighted by molar-refractivity contribution is 1.08. The summed E-state index contributed by atoms with van der Waals surface area (Å²) in [7, 11) is 0. The number of fused-ring (bicyclic) bond motifs is 6. The molecule has 16 heavy (non-hydrogen) atoms. The van der Waals surface area contributed by atoms with Crippen molar-refractivity contribution in [3.63, 3.8) is 0 Å². The van der Waals surface area contributed by atoms with Crippen LogP contribution in [0.1, 0.15) is 0 Å². The highest BCUT2D eigenvalue weighted by Gasteiger charge is 2.08. The third-order valence-corrected chi connectivity index (χ3v) is 2.79. The minimum absolute atomic E-state index is 0.832. The van der Waals surface area contributed by atoms with Crippen molar-refractivity contribution in [1.82, 2.24) is 24.0 Å². The molecule has 3 heterocycles. The van der Waals surface area contributed by atoms with E-state index in [1.165, 1.54) is 0 Å². The fourth-order valence-electron chi connectivity index (χ4n) is 2.10. The van der Waals surface area contributed by atoms with Crippen LogP contribution in [0.5, 0.6) is 0 Å². The summed E-state index contributed by atoms with van der Waals surface area (Å²) in [6.07, 6.45) is 5.41. The van der Waals surface area contributed by atoms with Gasteiger partial charge in [0.05, 0.1) is 5.52 Å². The molecule has 4 rings (SSSR count). The maximum atomic E-state index is 4.32. The molecule has 0 amide bonds. The molecule has 1 aromatic carbocycles. The van der Waals surface area contributed by atoms with Gasteiger partial charge in [0.1, 0.15) is 6.33 Å². The smallest absolute Gasteiger partial charge is 0.221 e. The van der Waals surface area contributed by atoms with Crippen molar-refractivity contribution in [2.24, 2.45) is 0 Å². The SMILES string of the molecule is c1ccc2c(c1)c1nncn1c1nccn21. The van der Waals surface area contributed by atoms with E-state index in [2.05, 4.69) is 21.2 Å². The van der Waals surface area contributed by atoms with Gasteiger partial charge in [-0.1, -0.05) is 12.1 Å². The second kappa shape index (κ2) is 2.57. The van der Waals surface area contributed by atoms with Gasteiger partial charge in [-0.15, -0.1) is 10.2 Å². The molecule has 0 aliphatic carbocycles. The quantitative estimate of drug-likeness (QED) is 0.441. The molecule has 0 fully saturated rings. The summed E-state index contributed by atoms with van der Waals surface area (Å²) in [4.78, 5) is 4.32. The average Bonchev–Trinajstić information content (AvgIpc) is 2.98. The van der Waals surface area contributed by atoms with Gasteiger partial charge in [-0.3, -0.25) is 4.40 Å². The van der Waals surface area contributed by atoms with Crippen molar-refractivity contribution in [2.45, 2.75) is 0 Å². The second-order valence-electron chi connectivity index (χ2n) is 3.64. The Morgan fingerprint density at radius 2 is 2.00 bits per heavy atom. The Labute approximate surface area is 90.0 Å². The summed E-state index contributed by atoms with van der Waals surface area (Å²) in [6.45, 7) is 0. The molecule has 0 saturated carbocycles. The molecule has 76 valence electrons. The number of benzene rings is 1. The summed E-state index contributed by atoms with van der Waals surface area (Å²) in [5, 5.41) is 9.15. The zero-order chi connectivity index (χ0) is 10.5. The first-order chi connectivity index (χ1) is 7.95. The van der Waals surface area contributed by atoms with Crippen molar-refractivity contribution in [3.05, 3.63) is 43.0 Å². The van der Waals surface area contributed by atoms with E-state index in [0.717, 1.165) is 22.3 Å². The van der Waals surface area contributed by atoms with E-state index in [-0.39, 0.29) is 0 Å². The molecule has 0 aliphatic rings. The average molecular weight is 209 g/mol. The first kappa shape index (κ1) is 7.81. The number of hydrogen-bond donors (Lipinski definition) is 0. The minimum Gasteiger partial charge on any atom is -0.285 e. The van der Waals surface area contributed by atoms with Crippen LogP contribution in [0.3, 0.4) is 0 Å². The van der Waals surface area contributed by atoms with Crippen molar-refractivity contribution in [3.8, 4) is 0 Å². The van der Waals surface area contributed by atoms with Gasteiger partial charge in [-0.2, -0.15) is 0 Å².